The van der Waals surface area contributed by atoms with Gasteiger partial charge in [-0.25, -0.2) is 0 Å². The lowest BCUT2D eigenvalue weighted by molar-refractivity contribution is 0.0994. The van der Waals surface area contributed by atoms with E-state index in [4.69, 9.17) is 0 Å². The molecule has 3 aromatic carbocycles. The van der Waals surface area contributed by atoms with Gasteiger partial charge in [0.05, 0.1) is 22.6 Å². The molecule has 4 nitrogen and oxygen atoms in total. The zero-order chi connectivity index (χ0) is 19.7. The molecule has 0 aromatic heterocycles. The van der Waals surface area contributed by atoms with Gasteiger partial charge < -0.3 is 15.5 Å². The van der Waals surface area contributed by atoms with Crippen LogP contribution in [0.4, 0.5) is 17.1 Å². The summed E-state index contributed by atoms with van der Waals surface area (Å²) in [5, 5.41) is 6.74. The SMILES string of the molecule is C=C(NCc1ccc(Br)cc1)c1ccc2c(c1)N(C)C(=O)c1ccccc1N2. The predicted molar refractivity (Wildman–Crippen MR) is 119 cm³/mol. The molecule has 1 aliphatic rings. The van der Waals surface area contributed by atoms with E-state index in [1.165, 1.54) is 5.56 Å². The van der Waals surface area contributed by atoms with Crippen molar-refractivity contribution < 1.29 is 4.79 Å². The summed E-state index contributed by atoms with van der Waals surface area (Å²) in [5.74, 6) is -0.0348. The number of nitrogens with zero attached hydrogens (tertiary/aromatic N) is 1. The standard InChI is InChI=1S/C23H20BrN3O/c1-15(25-14-16-7-10-18(24)11-8-16)17-9-12-21-22(13-17)27(2)23(28)19-5-3-4-6-20(19)26-21/h3-13,25-26H,1,14H2,2H3. The Bertz CT molecular complexity index is 1060. The highest BCUT2D eigenvalue weighted by Crippen LogP contribution is 2.36. The van der Waals surface area contributed by atoms with Crippen molar-refractivity contribution in [2.75, 3.05) is 17.3 Å². The fraction of sp³-hybridized carbons (Fsp3) is 0.0870. The van der Waals surface area contributed by atoms with E-state index in [0.29, 0.717) is 12.1 Å². The van der Waals surface area contributed by atoms with Gasteiger partial charge in [-0.05, 0) is 47.5 Å². The Morgan fingerprint density at radius 3 is 2.61 bits per heavy atom. The molecule has 4 rings (SSSR count). The molecule has 1 heterocycles. The summed E-state index contributed by atoms with van der Waals surface area (Å²) in [7, 11) is 1.80. The lowest BCUT2D eigenvalue weighted by Crippen LogP contribution is -2.25. The first-order valence-electron chi connectivity index (χ1n) is 8.98. The summed E-state index contributed by atoms with van der Waals surface area (Å²) >= 11 is 3.45. The van der Waals surface area contributed by atoms with Gasteiger partial charge in [-0.1, -0.05) is 52.8 Å². The fourth-order valence-corrected chi connectivity index (χ4v) is 3.49. The van der Waals surface area contributed by atoms with Crippen LogP contribution in [0.2, 0.25) is 0 Å². The number of nitrogens with one attached hydrogen (secondary N) is 2. The average molecular weight is 434 g/mol. The summed E-state index contributed by atoms with van der Waals surface area (Å²) in [4.78, 5) is 14.5. The highest BCUT2D eigenvalue weighted by Gasteiger charge is 2.24. The third kappa shape index (κ3) is 3.53. The third-order valence-electron chi connectivity index (χ3n) is 4.86. The van der Waals surface area contributed by atoms with Crippen molar-refractivity contribution in [1.29, 1.82) is 0 Å². The van der Waals surface area contributed by atoms with Crippen LogP contribution in [0.15, 0.2) is 77.8 Å². The fourth-order valence-electron chi connectivity index (χ4n) is 3.23. The maximum absolute atomic E-state index is 12.9. The van der Waals surface area contributed by atoms with Crippen molar-refractivity contribution in [2.24, 2.45) is 0 Å². The van der Waals surface area contributed by atoms with Crippen LogP contribution in [-0.2, 0) is 6.54 Å². The number of para-hydroxylation sites is 1. The van der Waals surface area contributed by atoms with E-state index in [9.17, 15) is 4.79 Å². The molecule has 140 valence electrons. The van der Waals surface area contributed by atoms with Crippen LogP contribution in [0.25, 0.3) is 5.70 Å². The average Bonchev–Trinajstić information content (AvgIpc) is 2.82. The maximum atomic E-state index is 12.9. The minimum Gasteiger partial charge on any atom is -0.381 e. The first-order valence-corrected chi connectivity index (χ1v) is 9.78. The summed E-state index contributed by atoms with van der Waals surface area (Å²) in [6.07, 6.45) is 0. The van der Waals surface area contributed by atoms with Crippen LogP contribution in [0.1, 0.15) is 21.5 Å². The number of halogens is 1. The topological polar surface area (TPSA) is 44.4 Å². The molecule has 1 amide bonds. The Labute approximate surface area is 173 Å². The minimum absolute atomic E-state index is 0.0348. The monoisotopic (exact) mass is 433 g/mol. The zero-order valence-corrected chi connectivity index (χ0v) is 17.1. The third-order valence-corrected chi connectivity index (χ3v) is 5.39. The highest BCUT2D eigenvalue weighted by atomic mass is 79.9. The Balaban J connectivity index is 1.57. The van der Waals surface area contributed by atoms with E-state index in [0.717, 1.165) is 32.8 Å². The van der Waals surface area contributed by atoms with Crippen molar-refractivity contribution in [3.63, 3.8) is 0 Å². The van der Waals surface area contributed by atoms with Crippen LogP contribution in [0.3, 0.4) is 0 Å². The van der Waals surface area contributed by atoms with Gasteiger partial charge in [0.2, 0.25) is 0 Å². The van der Waals surface area contributed by atoms with Crippen LogP contribution in [-0.4, -0.2) is 13.0 Å². The zero-order valence-electron chi connectivity index (χ0n) is 15.5. The van der Waals surface area contributed by atoms with Crippen molar-refractivity contribution in [3.05, 3.63) is 94.5 Å². The van der Waals surface area contributed by atoms with Crippen LogP contribution in [0.5, 0.6) is 0 Å². The van der Waals surface area contributed by atoms with Gasteiger partial charge in [-0.3, -0.25) is 4.79 Å². The Kier molecular flexibility index (Phi) is 4.92. The van der Waals surface area contributed by atoms with Gasteiger partial charge >= 0.3 is 0 Å². The van der Waals surface area contributed by atoms with Crippen molar-refractivity contribution in [3.8, 4) is 0 Å². The number of hydrogen-bond donors (Lipinski definition) is 2. The second kappa shape index (κ2) is 7.52. The van der Waals surface area contributed by atoms with E-state index in [1.807, 2.05) is 54.6 Å². The minimum atomic E-state index is -0.0348. The molecule has 0 spiro atoms. The maximum Gasteiger partial charge on any atom is 0.260 e. The molecule has 2 N–H and O–H groups in total. The number of hydrogen-bond acceptors (Lipinski definition) is 3. The highest BCUT2D eigenvalue weighted by molar-refractivity contribution is 9.10. The molecule has 5 heteroatoms. The van der Waals surface area contributed by atoms with E-state index >= 15 is 0 Å². The molecule has 0 saturated carbocycles. The van der Waals surface area contributed by atoms with Gasteiger partial charge in [0, 0.05) is 23.8 Å². The van der Waals surface area contributed by atoms with Gasteiger partial charge in [-0.15, -0.1) is 0 Å². The van der Waals surface area contributed by atoms with Gasteiger partial charge in [-0.2, -0.15) is 0 Å². The van der Waals surface area contributed by atoms with E-state index in [1.54, 1.807) is 11.9 Å². The van der Waals surface area contributed by atoms with Crippen LogP contribution >= 0.6 is 15.9 Å². The number of fused-ring (bicyclic) bond motifs is 2. The second-order valence-electron chi connectivity index (χ2n) is 6.73. The Hall–Kier alpha value is -3.05. The molecule has 0 bridgehead atoms. The quantitative estimate of drug-likeness (QED) is 0.567. The van der Waals surface area contributed by atoms with Crippen LogP contribution < -0.4 is 15.5 Å². The molecular formula is C23H20BrN3O. The molecule has 0 radical (unpaired) electrons. The Morgan fingerprint density at radius 2 is 1.82 bits per heavy atom. The molecule has 0 saturated heterocycles. The molecule has 28 heavy (non-hydrogen) atoms. The normalized spacial score (nSPS) is 12.5. The largest absolute Gasteiger partial charge is 0.381 e. The molecule has 0 unspecified atom stereocenters. The smallest absolute Gasteiger partial charge is 0.260 e. The number of rotatable bonds is 4. The van der Waals surface area contributed by atoms with Gasteiger partial charge in [0.1, 0.15) is 0 Å². The lowest BCUT2D eigenvalue weighted by Gasteiger charge is -2.19. The van der Waals surface area contributed by atoms with Crippen molar-refractivity contribution in [2.45, 2.75) is 6.54 Å². The van der Waals surface area contributed by atoms with E-state index in [2.05, 4.69) is 45.3 Å². The number of carbonyl (C=O) groups is 1. The summed E-state index contributed by atoms with van der Waals surface area (Å²) in [6, 6.07) is 21.7. The first-order chi connectivity index (χ1) is 13.5. The summed E-state index contributed by atoms with van der Waals surface area (Å²) in [6.45, 7) is 4.85. The second-order valence-corrected chi connectivity index (χ2v) is 7.64. The molecule has 0 aliphatic carbocycles. The van der Waals surface area contributed by atoms with Crippen molar-refractivity contribution in [1.82, 2.24) is 5.32 Å². The number of amides is 1. The predicted octanol–water partition coefficient (Wildman–Crippen LogP) is 5.54. The molecule has 1 aliphatic heterocycles. The number of carbonyl (C=O) groups excluding carboxylic acids is 1. The summed E-state index contributed by atoms with van der Waals surface area (Å²) < 4.78 is 1.06. The first kappa shape index (κ1) is 18.3. The van der Waals surface area contributed by atoms with Crippen LogP contribution in [0, 0.1) is 0 Å². The van der Waals surface area contributed by atoms with E-state index < -0.39 is 0 Å². The molecule has 3 aromatic rings. The molecule has 0 atom stereocenters. The summed E-state index contributed by atoms with van der Waals surface area (Å²) in [5.41, 5.74) is 6.13. The molecular weight excluding hydrogens is 414 g/mol. The molecule has 0 fully saturated rings. The van der Waals surface area contributed by atoms with Gasteiger partial charge in [0.25, 0.3) is 5.91 Å². The lowest BCUT2D eigenvalue weighted by atomic mass is 10.1. The number of benzene rings is 3. The van der Waals surface area contributed by atoms with E-state index in [-0.39, 0.29) is 5.91 Å². The Morgan fingerprint density at radius 1 is 1.07 bits per heavy atom. The number of anilines is 3. The van der Waals surface area contributed by atoms with Crippen molar-refractivity contribution >= 4 is 44.6 Å². The van der Waals surface area contributed by atoms with Gasteiger partial charge in [0.15, 0.2) is 0 Å².